The number of aromatic nitrogens is 4. The summed E-state index contributed by atoms with van der Waals surface area (Å²) >= 11 is 0. The van der Waals surface area contributed by atoms with E-state index in [1.807, 2.05) is 31.8 Å². The van der Waals surface area contributed by atoms with E-state index in [-0.39, 0.29) is 0 Å². The summed E-state index contributed by atoms with van der Waals surface area (Å²) in [5.41, 5.74) is 0. The smallest absolute Gasteiger partial charge is 0.202 e. The largest absolute Gasteiger partial charge is 0.356 e. The molecule has 0 aromatic carbocycles. The third-order valence-corrected chi connectivity index (χ3v) is 3.03. The highest BCUT2D eigenvalue weighted by Gasteiger charge is 2.04. The molecule has 0 fully saturated rings. The van der Waals surface area contributed by atoms with E-state index in [1.54, 1.807) is 0 Å². The summed E-state index contributed by atoms with van der Waals surface area (Å²) in [6.07, 6.45) is 11.0. The molecule has 0 saturated heterocycles. The van der Waals surface area contributed by atoms with Crippen LogP contribution < -0.4 is 5.32 Å². The number of hydrogen-bond donors (Lipinski definition) is 1. The Morgan fingerprint density at radius 2 is 2.06 bits per heavy atom. The summed E-state index contributed by atoms with van der Waals surface area (Å²) in [6.45, 7) is 4.07. The predicted molar refractivity (Wildman–Crippen MR) is 72.5 cm³/mol. The molecule has 5 nitrogen and oxygen atoms in total. The van der Waals surface area contributed by atoms with Crippen LogP contribution in [-0.4, -0.2) is 25.6 Å². The zero-order valence-corrected chi connectivity index (χ0v) is 11.1. The van der Waals surface area contributed by atoms with Gasteiger partial charge in [0, 0.05) is 51.3 Å². The Hall–Kier alpha value is -1.78. The van der Waals surface area contributed by atoms with Gasteiger partial charge >= 0.3 is 0 Å². The number of nitrogens with zero attached hydrogens (tertiary/aromatic N) is 4. The van der Waals surface area contributed by atoms with Crippen molar-refractivity contribution in [1.82, 2.24) is 19.1 Å². The van der Waals surface area contributed by atoms with Crippen molar-refractivity contribution >= 4 is 5.95 Å². The number of imidazole rings is 2. The SMILES string of the molecule is CCCCNc1nccn1CCc1nccn1C. The summed E-state index contributed by atoms with van der Waals surface area (Å²) in [4.78, 5) is 8.66. The second-order valence-corrected chi connectivity index (χ2v) is 4.43. The first-order chi connectivity index (χ1) is 8.81. The third-order valence-electron chi connectivity index (χ3n) is 3.03. The molecule has 0 saturated carbocycles. The van der Waals surface area contributed by atoms with Crippen LogP contribution in [0.5, 0.6) is 0 Å². The Labute approximate surface area is 108 Å². The topological polar surface area (TPSA) is 47.7 Å². The van der Waals surface area contributed by atoms with Gasteiger partial charge in [0.15, 0.2) is 0 Å². The van der Waals surface area contributed by atoms with Gasteiger partial charge in [0.05, 0.1) is 0 Å². The van der Waals surface area contributed by atoms with Crippen LogP contribution in [0.3, 0.4) is 0 Å². The molecule has 0 atom stereocenters. The van der Waals surface area contributed by atoms with Crippen molar-refractivity contribution in [3.8, 4) is 0 Å². The summed E-state index contributed by atoms with van der Waals surface area (Å²) < 4.78 is 4.20. The second kappa shape index (κ2) is 6.23. The van der Waals surface area contributed by atoms with Crippen LogP contribution in [0.25, 0.3) is 0 Å². The highest BCUT2D eigenvalue weighted by molar-refractivity contribution is 5.25. The maximum Gasteiger partial charge on any atom is 0.202 e. The number of unbranched alkanes of at least 4 members (excludes halogenated alkanes) is 1. The number of hydrogen-bond acceptors (Lipinski definition) is 3. The molecule has 2 aromatic rings. The molecular weight excluding hydrogens is 226 g/mol. The van der Waals surface area contributed by atoms with Gasteiger partial charge in [-0.2, -0.15) is 0 Å². The quantitative estimate of drug-likeness (QED) is 0.762. The van der Waals surface area contributed by atoms with Crippen LogP contribution >= 0.6 is 0 Å². The summed E-state index contributed by atoms with van der Waals surface area (Å²) in [7, 11) is 2.02. The van der Waals surface area contributed by atoms with Crippen molar-refractivity contribution in [2.75, 3.05) is 11.9 Å². The van der Waals surface area contributed by atoms with E-state index < -0.39 is 0 Å². The van der Waals surface area contributed by atoms with Gasteiger partial charge in [0.2, 0.25) is 5.95 Å². The highest BCUT2D eigenvalue weighted by Crippen LogP contribution is 2.07. The molecule has 0 amide bonds. The molecular formula is C13H21N5. The molecule has 5 heteroatoms. The summed E-state index contributed by atoms with van der Waals surface area (Å²) in [5.74, 6) is 2.06. The fourth-order valence-electron chi connectivity index (χ4n) is 1.89. The minimum atomic E-state index is 0.902. The molecule has 18 heavy (non-hydrogen) atoms. The average Bonchev–Trinajstić information content (AvgIpc) is 2.96. The number of rotatable bonds is 7. The van der Waals surface area contributed by atoms with Gasteiger partial charge in [-0.15, -0.1) is 0 Å². The van der Waals surface area contributed by atoms with Crippen molar-refractivity contribution in [2.24, 2.45) is 7.05 Å². The molecule has 2 aromatic heterocycles. The molecule has 0 aliphatic heterocycles. The Morgan fingerprint density at radius 3 is 2.78 bits per heavy atom. The molecule has 0 radical (unpaired) electrons. The van der Waals surface area contributed by atoms with Crippen LogP contribution in [0.4, 0.5) is 5.95 Å². The molecule has 0 bridgehead atoms. The molecule has 0 aliphatic rings. The molecule has 0 unspecified atom stereocenters. The van der Waals surface area contributed by atoms with Crippen LogP contribution in [0.1, 0.15) is 25.6 Å². The number of aryl methyl sites for hydroxylation is 3. The van der Waals surface area contributed by atoms with E-state index in [1.165, 1.54) is 12.8 Å². The average molecular weight is 247 g/mol. The van der Waals surface area contributed by atoms with Gasteiger partial charge in [-0.05, 0) is 6.42 Å². The van der Waals surface area contributed by atoms with Crippen molar-refractivity contribution in [1.29, 1.82) is 0 Å². The van der Waals surface area contributed by atoms with Gasteiger partial charge in [0.25, 0.3) is 0 Å². The first-order valence-electron chi connectivity index (χ1n) is 6.52. The molecule has 0 spiro atoms. The lowest BCUT2D eigenvalue weighted by molar-refractivity contribution is 0.651. The molecule has 2 rings (SSSR count). The van der Waals surface area contributed by atoms with E-state index >= 15 is 0 Å². The lowest BCUT2D eigenvalue weighted by atomic mass is 10.3. The van der Waals surface area contributed by atoms with Crippen LogP contribution in [-0.2, 0) is 20.0 Å². The van der Waals surface area contributed by atoms with E-state index in [4.69, 9.17) is 0 Å². The van der Waals surface area contributed by atoms with Crippen molar-refractivity contribution in [2.45, 2.75) is 32.7 Å². The zero-order valence-electron chi connectivity index (χ0n) is 11.1. The van der Waals surface area contributed by atoms with E-state index in [2.05, 4.69) is 31.3 Å². The molecule has 98 valence electrons. The first kappa shape index (κ1) is 12.7. The van der Waals surface area contributed by atoms with Gasteiger partial charge in [-0.1, -0.05) is 13.3 Å². The lowest BCUT2D eigenvalue weighted by Crippen LogP contribution is -2.11. The molecule has 1 N–H and O–H groups in total. The fraction of sp³-hybridized carbons (Fsp3) is 0.538. The number of anilines is 1. The molecule has 2 heterocycles. The van der Waals surface area contributed by atoms with Crippen LogP contribution in [0, 0.1) is 0 Å². The molecule has 0 aliphatic carbocycles. The Kier molecular flexibility index (Phi) is 4.39. The lowest BCUT2D eigenvalue weighted by Gasteiger charge is -2.09. The summed E-state index contributed by atoms with van der Waals surface area (Å²) in [6, 6.07) is 0. The minimum Gasteiger partial charge on any atom is -0.356 e. The number of nitrogens with one attached hydrogen (secondary N) is 1. The monoisotopic (exact) mass is 247 g/mol. The van der Waals surface area contributed by atoms with Crippen molar-refractivity contribution < 1.29 is 0 Å². The van der Waals surface area contributed by atoms with Crippen molar-refractivity contribution in [3.05, 3.63) is 30.6 Å². The Morgan fingerprint density at radius 1 is 1.22 bits per heavy atom. The van der Waals surface area contributed by atoms with Gasteiger partial charge in [0.1, 0.15) is 5.82 Å². The Balaban J connectivity index is 1.89. The van der Waals surface area contributed by atoms with E-state index in [9.17, 15) is 0 Å². The fourth-order valence-corrected chi connectivity index (χ4v) is 1.89. The van der Waals surface area contributed by atoms with Crippen LogP contribution in [0.15, 0.2) is 24.8 Å². The highest BCUT2D eigenvalue weighted by atomic mass is 15.2. The Bertz CT molecular complexity index is 471. The van der Waals surface area contributed by atoms with E-state index in [0.29, 0.717) is 0 Å². The van der Waals surface area contributed by atoms with Gasteiger partial charge in [-0.25, -0.2) is 9.97 Å². The van der Waals surface area contributed by atoms with Crippen molar-refractivity contribution in [3.63, 3.8) is 0 Å². The minimum absolute atomic E-state index is 0.902. The zero-order chi connectivity index (χ0) is 12.8. The maximum absolute atomic E-state index is 4.34. The standard InChI is InChI=1S/C13H21N5/c1-3-4-6-15-13-16-8-11-18(13)9-5-12-14-7-10-17(12)2/h7-8,10-11H,3-6,9H2,1-2H3,(H,15,16). The summed E-state index contributed by atoms with van der Waals surface area (Å²) in [5, 5.41) is 3.36. The first-order valence-corrected chi connectivity index (χ1v) is 6.52. The maximum atomic E-state index is 4.34. The third kappa shape index (κ3) is 3.12. The van der Waals surface area contributed by atoms with Gasteiger partial charge in [-0.3, -0.25) is 0 Å². The van der Waals surface area contributed by atoms with Crippen LogP contribution in [0.2, 0.25) is 0 Å². The second-order valence-electron chi connectivity index (χ2n) is 4.43. The van der Waals surface area contributed by atoms with Gasteiger partial charge < -0.3 is 14.5 Å². The van der Waals surface area contributed by atoms with E-state index in [0.717, 1.165) is 31.3 Å². The normalized spacial score (nSPS) is 10.8. The predicted octanol–water partition coefficient (Wildman–Crippen LogP) is 2.07.